The Hall–Kier alpha value is -3.78. The van der Waals surface area contributed by atoms with Crippen LogP contribution in [-0.2, 0) is 13.2 Å². The molecule has 3 aromatic carbocycles. The molecule has 0 atom stereocenters. The van der Waals surface area contributed by atoms with Crippen molar-refractivity contribution in [2.45, 2.75) is 32.9 Å². The molecule has 0 spiro atoms. The summed E-state index contributed by atoms with van der Waals surface area (Å²) in [5.74, 6) is -0.668. The number of alkyl halides is 3. The van der Waals surface area contributed by atoms with Crippen LogP contribution in [0.4, 0.5) is 13.2 Å². The number of hydrogen-bond acceptors (Lipinski definition) is 3. The van der Waals surface area contributed by atoms with Gasteiger partial charge in [-0.15, -0.1) is 0 Å². The topological polar surface area (TPSA) is 34.8 Å². The number of hydrogen-bond donors (Lipinski definition) is 0. The van der Waals surface area contributed by atoms with Gasteiger partial charge in [-0.2, -0.15) is 22.7 Å². The lowest BCUT2D eigenvalue weighted by molar-refractivity contribution is -0.512. The van der Waals surface area contributed by atoms with Crippen LogP contribution < -0.4 is 4.40 Å². The zero-order valence-corrected chi connectivity index (χ0v) is 21.6. The molecule has 3 aromatic heterocycles. The van der Waals surface area contributed by atoms with E-state index in [9.17, 15) is 13.2 Å². The standard InChI is InChI=1S/C29H24F3N4S/c1-16(2)21-14-22(17(3)19-12-8-9-13-20(19)21)25-26-23(15-33-35(25)4)36-27(37-26)24(18-10-6-5-7-11-18)34-28(36)29(30,31)32/h5-16H,1-4H3/q+1. The first-order chi connectivity index (χ1) is 17.7. The van der Waals surface area contributed by atoms with Crippen molar-refractivity contribution in [1.82, 2.24) is 14.8 Å². The van der Waals surface area contributed by atoms with Gasteiger partial charge in [0.2, 0.25) is 10.5 Å². The van der Waals surface area contributed by atoms with Gasteiger partial charge in [0, 0.05) is 18.2 Å². The minimum Gasteiger partial charge on any atom is -0.266 e. The summed E-state index contributed by atoms with van der Waals surface area (Å²) in [4.78, 5) is 4.52. The third-order valence-corrected chi connectivity index (χ3v) is 8.10. The summed E-state index contributed by atoms with van der Waals surface area (Å²) in [6.07, 6.45) is -3.11. The minimum absolute atomic E-state index is 0.270. The highest BCUT2D eigenvalue weighted by Crippen LogP contribution is 2.41. The van der Waals surface area contributed by atoms with E-state index >= 15 is 0 Å². The van der Waals surface area contributed by atoms with Gasteiger partial charge >= 0.3 is 12.0 Å². The lowest BCUT2D eigenvalue weighted by Crippen LogP contribution is -2.30. The highest BCUT2D eigenvalue weighted by atomic mass is 32.1. The maximum atomic E-state index is 14.2. The van der Waals surface area contributed by atoms with Crippen LogP contribution in [0.15, 0.2) is 66.9 Å². The van der Waals surface area contributed by atoms with Gasteiger partial charge in [0.25, 0.3) is 0 Å². The third kappa shape index (κ3) is 3.62. The normalized spacial score (nSPS) is 12.4. The summed E-state index contributed by atoms with van der Waals surface area (Å²) in [7, 11) is 1.84. The lowest BCUT2D eigenvalue weighted by atomic mass is 9.89. The van der Waals surface area contributed by atoms with E-state index in [0.29, 0.717) is 21.6 Å². The Labute approximate surface area is 215 Å². The predicted octanol–water partition coefficient (Wildman–Crippen LogP) is 7.71. The molecular weight excluding hydrogens is 493 g/mol. The number of halogens is 3. The first kappa shape index (κ1) is 23.6. The molecule has 0 saturated heterocycles. The summed E-state index contributed by atoms with van der Waals surface area (Å²) in [5, 5.41) is 6.84. The van der Waals surface area contributed by atoms with Gasteiger partial charge in [-0.1, -0.05) is 79.8 Å². The summed E-state index contributed by atoms with van der Waals surface area (Å²) in [5.41, 5.74) is 5.39. The van der Waals surface area contributed by atoms with Crippen LogP contribution in [0, 0.1) is 6.92 Å². The minimum atomic E-state index is -4.62. The zero-order valence-electron chi connectivity index (χ0n) is 20.8. The Bertz CT molecular complexity index is 1810. The predicted molar refractivity (Wildman–Crippen MR) is 142 cm³/mol. The van der Waals surface area contributed by atoms with E-state index in [0.717, 1.165) is 26.9 Å². The van der Waals surface area contributed by atoms with Crippen LogP contribution in [0.25, 0.3) is 48.3 Å². The molecule has 3 heterocycles. The molecule has 6 aromatic rings. The zero-order chi connectivity index (χ0) is 26.1. The number of rotatable bonds is 3. The van der Waals surface area contributed by atoms with Crippen molar-refractivity contribution in [2.75, 3.05) is 0 Å². The van der Waals surface area contributed by atoms with Crippen LogP contribution in [0.2, 0.25) is 0 Å². The van der Waals surface area contributed by atoms with Crippen LogP contribution >= 0.6 is 11.3 Å². The molecule has 0 aliphatic rings. The smallest absolute Gasteiger partial charge is 0.266 e. The van der Waals surface area contributed by atoms with E-state index in [1.54, 1.807) is 28.9 Å². The number of aryl methyl sites for hydroxylation is 2. The molecule has 0 saturated carbocycles. The molecule has 0 aliphatic heterocycles. The number of imidazole rings is 1. The van der Waals surface area contributed by atoms with Crippen molar-refractivity contribution in [3.63, 3.8) is 0 Å². The highest BCUT2D eigenvalue weighted by molar-refractivity contribution is 7.24. The van der Waals surface area contributed by atoms with Gasteiger partial charge in [0.1, 0.15) is 4.70 Å². The molecule has 37 heavy (non-hydrogen) atoms. The van der Waals surface area contributed by atoms with Gasteiger partial charge in [-0.05, 0) is 45.8 Å². The molecular formula is C29H24F3N4S+. The second-order valence-electron chi connectivity index (χ2n) is 9.56. The maximum absolute atomic E-state index is 14.2. The van der Waals surface area contributed by atoms with E-state index in [1.165, 1.54) is 32.9 Å². The van der Waals surface area contributed by atoms with Crippen LogP contribution in [0.5, 0.6) is 0 Å². The Morgan fingerprint density at radius 1 is 0.973 bits per heavy atom. The monoisotopic (exact) mass is 517 g/mol. The maximum Gasteiger partial charge on any atom is 0.499 e. The van der Waals surface area contributed by atoms with Gasteiger partial charge < -0.3 is 0 Å². The quantitative estimate of drug-likeness (QED) is 0.225. The molecule has 0 N–H and O–H groups in total. The van der Waals surface area contributed by atoms with Crippen molar-refractivity contribution in [1.29, 1.82) is 0 Å². The fourth-order valence-corrected chi connectivity index (χ4v) is 6.47. The van der Waals surface area contributed by atoms with E-state index in [1.807, 2.05) is 25.2 Å². The van der Waals surface area contributed by atoms with E-state index in [2.05, 4.69) is 49.1 Å². The van der Waals surface area contributed by atoms with Gasteiger partial charge in [0.15, 0.2) is 5.52 Å². The fourth-order valence-electron chi connectivity index (χ4n) is 5.15. The first-order valence-electron chi connectivity index (χ1n) is 12.0. The summed E-state index contributed by atoms with van der Waals surface area (Å²) < 4.78 is 46.4. The Morgan fingerprint density at radius 3 is 2.32 bits per heavy atom. The molecule has 0 amide bonds. The Balaban J connectivity index is 1.75. The van der Waals surface area contributed by atoms with Crippen molar-refractivity contribution in [3.8, 4) is 22.5 Å². The first-order valence-corrected chi connectivity index (χ1v) is 12.8. The number of aromatic nitrogens is 4. The number of benzene rings is 3. The average Bonchev–Trinajstić information content (AvgIpc) is 3.42. The third-order valence-electron chi connectivity index (χ3n) is 6.92. The van der Waals surface area contributed by atoms with E-state index in [4.69, 9.17) is 0 Å². The molecule has 0 aliphatic carbocycles. The van der Waals surface area contributed by atoms with Crippen molar-refractivity contribution < 1.29 is 17.6 Å². The van der Waals surface area contributed by atoms with Crippen LogP contribution in [-0.4, -0.2) is 14.8 Å². The van der Waals surface area contributed by atoms with Crippen molar-refractivity contribution >= 4 is 37.2 Å². The van der Waals surface area contributed by atoms with Gasteiger partial charge in [0.05, 0.1) is 11.9 Å². The molecule has 4 nitrogen and oxygen atoms in total. The molecule has 0 radical (unpaired) electrons. The highest BCUT2D eigenvalue weighted by Gasteiger charge is 2.48. The number of thiazole rings is 1. The molecule has 0 unspecified atom stereocenters. The van der Waals surface area contributed by atoms with Crippen molar-refractivity contribution in [3.05, 3.63) is 83.8 Å². The van der Waals surface area contributed by atoms with Crippen molar-refractivity contribution in [2.24, 2.45) is 7.05 Å². The number of nitrogens with zero attached hydrogens (tertiary/aromatic N) is 4. The lowest BCUT2D eigenvalue weighted by Gasteiger charge is -2.18. The Morgan fingerprint density at radius 2 is 1.65 bits per heavy atom. The van der Waals surface area contributed by atoms with Gasteiger partial charge in [-0.3, -0.25) is 4.68 Å². The second kappa shape index (κ2) is 8.38. The van der Waals surface area contributed by atoms with Gasteiger partial charge in [-0.25, -0.2) is 0 Å². The molecule has 186 valence electrons. The van der Waals surface area contributed by atoms with Crippen LogP contribution in [0.3, 0.4) is 0 Å². The van der Waals surface area contributed by atoms with Crippen LogP contribution in [0.1, 0.15) is 36.7 Å². The molecule has 0 bridgehead atoms. The summed E-state index contributed by atoms with van der Waals surface area (Å²) >= 11 is 1.32. The summed E-state index contributed by atoms with van der Waals surface area (Å²) in [6, 6.07) is 19.5. The fraction of sp³-hybridized carbons (Fsp3) is 0.207. The second-order valence-corrected chi connectivity index (χ2v) is 10.6. The van der Waals surface area contributed by atoms with E-state index in [-0.39, 0.29) is 5.92 Å². The number of fused-ring (bicyclic) bond motifs is 4. The largest absolute Gasteiger partial charge is 0.499 e. The summed E-state index contributed by atoms with van der Waals surface area (Å²) in [6.45, 7) is 6.38. The molecule has 8 heteroatoms. The van der Waals surface area contributed by atoms with E-state index < -0.39 is 12.0 Å². The SMILES string of the molecule is Cc1c(-c2c3sc4c(-c5ccccc5)nc(C(F)(F)F)[n+]4c3cnn2C)cc(C(C)C)c2ccccc12. The molecule has 6 rings (SSSR count). The average molecular weight is 518 g/mol. The molecule has 0 fully saturated rings. The Kier molecular flexibility index (Phi) is 5.35.